The molecule has 1 saturated heterocycles. The number of nitrogens with zero attached hydrogens (tertiary/aromatic N) is 4. The van der Waals surface area contributed by atoms with Gasteiger partial charge in [0, 0.05) is 73.6 Å². The number of nitrogens with one attached hydrogen (secondary N) is 2. The second kappa shape index (κ2) is 12.6. The summed E-state index contributed by atoms with van der Waals surface area (Å²) < 4.78 is 31.0. The van der Waals surface area contributed by atoms with Gasteiger partial charge in [-0.3, -0.25) is 9.67 Å². The van der Waals surface area contributed by atoms with Gasteiger partial charge >= 0.3 is 0 Å². The molecule has 3 aliphatic heterocycles. The number of hydrogen-bond donors (Lipinski definition) is 5. The zero-order chi connectivity index (χ0) is 26.5. The number of hydrogen-bond acceptors (Lipinski definition) is 8. The van der Waals surface area contributed by atoms with Gasteiger partial charge in [-0.05, 0) is 68.5 Å². The van der Waals surface area contributed by atoms with Gasteiger partial charge < -0.3 is 21.3 Å². The van der Waals surface area contributed by atoms with Crippen molar-refractivity contribution in [3.05, 3.63) is 45.8 Å². The monoisotopic (exact) mass is 549 g/mol. The number of alkyl halides is 2. The lowest BCUT2D eigenvalue weighted by molar-refractivity contribution is 0.151. The molecule has 0 amide bonds. The van der Waals surface area contributed by atoms with Gasteiger partial charge in [0.25, 0.3) is 6.43 Å². The predicted octanol–water partition coefficient (Wildman–Crippen LogP) is 4.54. The number of aromatic nitrogens is 2. The molecule has 11 heteroatoms. The third kappa shape index (κ3) is 5.41. The Morgan fingerprint density at radius 3 is 2.62 bits per heavy atom. The van der Waals surface area contributed by atoms with Crippen molar-refractivity contribution in [3.63, 3.8) is 0 Å². The maximum Gasteiger partial charge on any atom is 0.264 e. The van der Waals surface area contributed by atoms with E-state index in [0.29, 0.717) is 17.2 Å². The first-order chi connectivity index (χ1) is 18.0. The van der Waals surface area contributed by atoms with Crippen LogP contribution in [0, 0.1) is 6.92 Å². The summed E-state index contributed by atoms with van der Waals surface area (Å²) in [6.07, 6.45) is 5.14. The Morgan fingerprint density at radius 2 is 1.95 bits per heavy atom. The molecule has 4 N–H and O–H groups in total. The number of allylic oxidation sites excluding steroid dienone is 1. The van der Waals surface area contributed by atoms with Crippen LogP contribution in [0.15, 0.2) is 17.3 Å². The minimum atomic E-state index is -2.62. The molecule has 4 heterocycles. The highest BCUT2D eigenvalue weighted by Gasteiger charge is 2.33. The molecular formula is C26H37F2N7S2. The van der Waals surface area contributed by atoms with Crippen molar-refractivity contribution >= 4 is 46.6 Å². The van der Waals surface area contributed by atoms with Crippen LogP contribution in [-0.2, 0) is 19.4 Å². The van der Waals surface area contributed by atoms with Gasteiger partial charge in [-0.1, -0.05) is 0 Å². The van der Waals surface area contributed by atoms with E-state index in [1.807, 2.05) is 6.92 Å². The van der Waals surface area contributed by atoms with Crippen LogP contribution >= 0.6 is 23.3 Å². The Labute approximate surface area is 228 Å². The third-order valence-electron chi connectivity index (χ3n) is 7.64. The van der Waals surface area contributed by atoms with Gasteiger partial charge in [-0.25, -0.2) is 8.78 Å². The van der Waals surface area contributed by atoms with Crippen molar-refractivity contribution in [3.8, 4) is 0 Å². The Balaban J connectivity index is 0.00000156. The van der Waals surface area contributed by atoms with E-state index in [1.165, 1.54) is 17.5 Å². The van der Waals surface area contributed by atoms with Crippen LogP contribution in [0.4, 0.5) is 20.3 Å². The van der Waals surface area contributed by atoms with Crippen LogP contribution in [0.1, 0.15) is 65.2 Å². The molecule has 37 heavy (non-hydrogen) atoms. The van der Waals surface area contributed by atoms with Crippen LogP contribution in [0.2, 0.25) is 0 Å². The van der Waals surface area contributed by atoms with E-state index in [9.17, 15) is 8.78 Å². The van der Waals surface area contributed by atoms with Gasteiger partial charge in [-0.15, -0.1) is 23.3 Å². The summed E-state index contributed by atoms with van der Waals surface area (Å²) in [5, 5.41) is 12.1. The van der Waals surface area contributed by atoms with E-state index in [2.05, 4.69) is 48.5 Å². The zero-order valence-corrected chi connectivity index (χ0v) is 23.3. The Hall–Kier alpha value is -2.08. The van der Waals surface area contributed by atoms with Gasteiger partial charge in [0.2, 0.25) is 0 Å². The Kier molecular flexibility index (Phi) is 9.55. The average molecular weight is 550 g/mol. The maximum absolute atomic E-state index is 14.4. The molecule has 0 radical (unpaired) electrons. The molecule has 0 spiro atoms. The number of piperidine rings is 1. The Morgan fingerprint density at radius 1 is 1.19 bits per heavy atom. The van der Waals surface area contributed by atoms with Crippen molar-refractivity contribution in [1.82, 2.24) is 20.4 Å². The number of anilines is 2. The first-order valence-electron chi connectivity index (χ1n) is 12.8. The maximum atomic E-state index is 14.4. The lowest BCUT2D eigenvalue weighted by Gasteiger charge is -2.33. The lowest BCUT2D eigenvalue weighted by Crippen LogP contribution is -2.32. The molecule has 1 fully saturated rings. The number of nitrogens with two attached hydrogens (primary N) is 1. The fraction of sp³-hybridized carbons (Fsp3) is 0.538. The summed E-state index contributed by atoms with van der Waals surface area (Å²) in [6, 6.07) is 2.05. The summed E-state index contributed by atoms with van der Waals surface area (Å²) in [4.78, 5) is 6.23. The second-order valence-corrected chi connectivity index (χ2v) is 9.63. The van der Waals surface area contributed by atoms with E-state index in [0.717, 1.165) is 87.5 Å². The van der Waals surface area contributed by atoms with Crippen LogP contribution in [0.3, 0.4) is 0 Å². The van der Waals surface area contributed by atoms with Crippen molar-refractivity contribution in [2.24, 2.45) is 10.7 Å². The molecule has 1 aromatic heterocycles. The summed E-state index contributed by atoms with van der Waals surface area (Å²) >= 11 is 6.44. The second-order valence-electron chi connectivity index (χ2n) is 9.63. The van der Waals surface area contributed by atoms with E-state index < -0.39 is 6.43 Å². The van der Waals surface area contributed by atoms with Crippen molar-refractivity contribution in [1.29, 1.82) is 0 Å². The molecular weight excluding hydrogens is 512 g/mol. The van der Waals surface area contributed by atoms with E-state index in [4.69, 9.17) is 10.8 Å². The van der Waals surface area contributed by atoms with Crippen LogP contribution in [0.25, 0.3) is 5.57 Å². The van der Waals surface area contributed by atoms with E-state index >= 15 is 0 Å². The van der Waals surface area contributed by atoms with Gasteiger partial charge in [0.05, 0.1) is 6.04 Å². The highest BCUT2D eigenvalue weighted by Crippen LogP contribution is 2.43. The number of aliphatic imine (C=N–C) groups is 1. The van der Waals surface area contributed by atoms with Crippen LogP contribution < -0.4 is 21.3 Å². The minimum Gasteiger partial charge on any atom is -0.404 e. The number of thiol groups is 2. The van der Waals surface area contributed by atoms with Gasteiger partial charge in [0.15, 0.2) is 5.82 Å². The number of fused-ring (bicyclic) bond motifs is 2. The lowest BCUT2D eigenvalue weighted by atomic mass is 9.87. The molecule has 202 valence electrons. The standard InChI is InChI=1S/C26H35F2N7.H2S2/c1-16-19-4-3-11-34(23(19)12-20(25(27)28)24(16)17(13-29)14-30-2)26-21-15-32-10-7-22(21)35(33-26)18-5-8-31-9-6-18;1-2/h12-14,18,25,31-32H,3-11,15,29H2,1-2H3;1-2H/b17-13+,30-14?;. The quantitative estimate of drug-likeness (QED) is 0.215. The first-order valence-corrected chi connectivity index (χ1v) is 14.4. The third-order valence-corrected chi connectivity index (χ3v) is 7.64. The fourth-order valence-electron chi connectivity index (χ4n) is 5.99. The molecule has 3 aliphatic rings. The molecule has 0 saturated carbocycles. The predicted molar refractivity (Wildman–Crippen MR) is 155 cm³/mol. The highest BCUT2D eigenvalue weighted by atomic mass is 33.1. The SMILES string of the molecule is CN=C/C(=C\N)c1c(C(F)F)cc2c(c1C)CCCN2c1nn(C2CCNCC2)c2c1CNCC2.SS. The van der Waals surface area contributed by atoms with Crippen LogP contribution in [-0.4, -0.2) is 49.2 Å². The van der Waals surface area contributed by atoms with E-state index in [-0.39, 0.29) is 5.56 Å². The molecule has 0 atom stereocenters. The smallest absolute Gasteiger partial charge is 0.264 e. The minimum absolute atomic E-state index is 0.00506. The van der Waals surface area contributed by atoms with Crippen LogP contribution in [0.5, 0.6) is 0 Å². The molecule has 0 unspecified atom stereocenters. The zero-order valence-electron chi connectivity index (χ0n) is 21.5. The molecule has 0 aliphatic carbocycles. The van der Waals surface area contributed by atoms with Crippen molar-refractivity contribution in [2.75, 3.05) is 38.1 Å². The summed E-state index contributed by atoms with van der Waals surface area (Å²) in [5.41, 5.74) is 12.2. The molecule has 1 aromatic carbocycles. The molecule has 2 aromatic rings. The van der Waals surface area contributed by atoms with Crippen molar-refractivity contribution < 1.29 is 8.78 Å². The Bertz CT molecular complexity index is 1160. The first kappa shape index (κ1) is 27.9. The normalized spacial score (nSPS) is 18.6. The van der Waals surface area contributed by atoms with E-state index in [1.54, 1.807) is 19.3 Å². The summed E-state index contributed by atoms with van der Waals surface area (Å²) in [6.45, 7) is 6.38. The molecule has 5 rings (SSSR count). The number of benzene rings is 1. The topological polar surface area (TPSA) is 83.5 Å². The average Bonchev–Trinajstić information content (AvgIpc) is 3.33. The number of rotatable bonds is 5. The fourth-order valence-corrected chi connectivity index (χ4v) is 5.99. The summed E-state index contributed by atoms with van der Waals surface area (Å²) in [7, 11) is 1.62. The highest BCUT2D eigenvalue weighted by molar-refractivity contribution is 8.59. The van der Waals surface area contributed by atoms with Gasteiger partial charge in [0.1, 0.15) is 0 Å². The van der Waals surface area contributed by atoms with Gasteiger partial charge in [-0.2, -0.15) is 5.10 Å². The number of halogens is 2. The molecule has 7 nitrogen and oxygen atoms in total. The molecule has 0 bridgehead atoms. The van der Waals surface area contributed by atoms with Crippen molar-refractivity contribution in [2.45, 2.75) is 58.0 Å². The summed E-state index contributed by atoms with van der Waals surface area (Å²) in [5.74, 6) is 0.920. The largest absolute Gasteiger partial charge is 0.404 e.